The van der Waals surface area contributed by atoms with Gasteiger partial charge in [0.1, 0.15) is 5.82 Å². The summed E-state index contributed by atoms with van der Waals surface area (Å²) >= 11 is 12.1. The van der Waals surface area contributed by atoms with Crippen molar-refractivity contribution in [3.05, 3.63) is 69.0 Å². The Bertz CT molecular complexity index is 672. The lowest BCUT2D eigenvalue weighted by Crippen LogP contribution is -2.24. The molecule has 0 amide bonds. The standard InChI is InChI=1S/C17H16Cl2FN/c1-21-17-7-5-12(10-2-6-15(18)16(19)8-10)14-9-11(20)3-4-13(14)17/h2-4,6,8-9,12,17,21H,5,7H2,1H3. The monoisotopic (exact) mass is 323 g/mol. The van der Waals surface area contributed by atoms with Gasteiger partial charge < -0.3 is 5.32 Å². The molecule has 0 saturated heterocycles. The molecule has 2 atom stereocenters. The van der Waals surface area contributed by atoms with Crippen LogP contribution in [0.2, 0.25) is 10.0 Å². The molecule has 0 aliphatic heterocycles. The highest BCUT2D eigenvalue weighted by atomic mass is 35.5. The first-order chi connectivity index (χ1) is 10.1. The Balaban J connectivity index is 2.08. The fourth-order valence-electron chi connectivity index (χ4n) is 3.18. The number of benzene rings is 2. The molecule has 0 aromatic heterocycles. The van der Waals surface area contributed by atoms with Gasteiger partial charge in [0.25, 0.3) is 0 Å². The van der Waals surface area contributed by atoms with Gasteiger partial charge in [0.15, 0.2) is 0 Å². The summed E-state index contributed by atoms with van der Waals surface area (Å²) < 4.78 is 13.7. The Labute approximate surface area is 134 Å². The average molecular weight is 324 g/mol. The highest BCUT2D eigenvalue weighted by Crippen LogP contribution is 2.42. The van der Waals surface area contributed by atoms with E-state index in [0.29, 0.717) is 10.0 Å². The van der Waals surface area contributed by atoms with Crippen LogP contribution in [0.4, 0.5) is 4.39 Å². The Morgan fingerprint density at radius 1 is 1.00 bits per heavy atom. The SMILES string of the molecule is CNC1CCC(c2ccc(Cl)c(Cl)c2)c2cc(F)ccc21. The Kier molecular flexibility index (Phi) is 4.21. The van der Waals surface area contributed by atoms with Crippen LogP contribution >= 0.6 is 23.2 Å². The predicted octanol–water partition coefficient (Wildman–Crippen LogP) is 5.32. The fourth-order valence-corrected chi connectivity index (χ4v) is 3.49. The van der Waals surface area contributed by atoms with Crippen molar-refractivity contribution < 1.29 is 4.39 Å². The van der Waals surface area contributed by atoms with Crippen LogP contribution in [0.1, 0.15) is 41.5 Å². The van der Waals surface area contributed by atoms with Crippen molar-refractivity contribution in [3.8, 4) is 0 Å². The van der Waals surface area contributed by atoms with Gasteiger partial charge in [-0.25, -0.2) is 4.39 Å². The van der Waals surface area contributed by atoms with Crippen LogP contribution in [0.15, 0.2) is 36.4 Å². The lowest BCUT2D eigenvalue weighted by atomic mass is 9.77. The minimum atomic E-state index is -0.199. The van der Waals surface area contributed by atoms with Crippen molar-refractivity contribution in [3.63, 3.8) is 0 Å². The zero-order valence-corrected chi connectivity index (χ0v) is 13.2. The molecule has 0 heterocycles. The molecule has 2 aromatic carbocycles. The third-order valence-electron chi connectivity index (χ3n) is 4.24. The fraction of sp³-hybridized carbons (Fsp3) is 0.294. The molecule has 0 bridgehead atoms. The van der Waals surface area contributed by atoms with Crippen LogP contribution in [0.25, 0.3) is 0 Å². The van der Waals surface area contributed by atoms with Crippen molar-refractivity contribution in [2.24, 2.45) is 0 Å². The van der Waals surface area contributed by atoms with Crippen LogP contribution in [0.3, 0.4) is 0 Å². The topological polar surface area (TPSA) is 12.0 Å². The molecule has 2 unspecified atom stereocenters. The van der Waals surface area contributed by atoms with Crippen LogP contribution in [0, 0.1) is 5.82 Å². The summed E-state index contributed by atoms with van der Waals surface area (Å²) in [6.07, 6.45) is 1.97. The Hall–Kier alpha value is -1.09. The molecule has 2 aromatic rings. The first-order valence-electron chi connectivity index (χ1n) is 7.01. The number of rotatable bonds is 2. The predicted molar refractivity (Wildman–Crippen MR) is 85.7 cm³/mol. The van der Waals surface area contributed by atoms with Gasteiger partial charge in [-0.3, -0.25) is 0 Å². The molecular formula is C17H16Cl2FN. The summed E-state index contributed by atoms with van der Waals surface area (Å²) in [5.41, 5.74) is 3.30. The lowest BCUT2D eigenvalue weighted by molar-refractivity contribution is 0.467. The lowest BCUT2D eigenvalue weighted by Gasteiger charge is -2.32. The number of hydrogen-bond acceptors (Lipinski definition) is 1. The average Bonchev–Trinajstić information content (AvgIpc) is 2.49. The minimum absolute atomic E-state index is 0.162. The first kappa shape index (κ1) is 14.8. The van der Waals surface area contributed by atoms with Crippen molar-refractivity contribution in [1.82, 2.24) is 5.32 Å². The minimum Gasteiger partial charge on any atom is -0.313 e. The highest BCUT2D eigenvalue weighted by molar-refractivity contribution is 6.42. The molecule has 1 nitrogen and oxygen atoms in total. The van der Waals surface area contributed by atoms with E-state index in [0.717, 1.165) is 24.0 Å². The molecule has 3 rings (SSSR count). The molecule has 0 saturated carbocycles. The summed E-state index contributed by atoms with van der Waals surface area (Å²) in [5, 5.41) is 4.39. The maximum absolute atomic E-state index is 13.7. The molecule has 0 radical (unpaired) electrons. The van der Waals surface area contributed by atoms with E-state index in [2.05, 4.69) is 5.32 Å². The van der Waals surface area contributed by atoms with Gasteiger partial charge in [-0.1, -0.05) is 35.3 Å². The van der Waals surface area contributed by atoms with Crippen molar-refractivity contribution in [2.75, 3.05) is 7.05 Å². The van der Waals surface area contributed by atoms with Crippen molar-refractivity contribution in [2.45, 2.75) is 24.8 Å². The number of nitrogens with one attached hydrogen (secondary N) is 1. The van der Waals surface area contributed by atoms with Gasteiger partial charge in [0.05, 0.1) is 10.0 Å². The van der Waals surface area contributed by atoms with Gasteiger partial charge in [-0.05, 0) is 60.8 Å². The second-order valence-electron chi connectivity index (χ2n) is 5.42. The molecule has 1 aliphatic carbocycles. The zero-order valence-electron chi connectivity index (χ0n) is 11.7. The second kappa shape index (κ2) is 5.96. The molecule has 1 N–H and O–H groups in total. The third-order valence-corrected chi connectivity index (χ3v) is 4.98. The second-order valence-corrected chi connectivity index (χ2v) is 6.23. The molecule has 0 spiro atoms. The highest BCUT2D eigenvalue weighted by Gasteiger charge is 2.28. The maximum Gasteiger partial charge on any atom is 0.123 e. The summed E-state index contributed by atoms with van der Waals surface area (Å²) in [4.78, 5) is 0. The normalized spacial score (nSPS) is 21.1. The van der Waals surface area contributed by atoms with Crippen LogP contribution in [-0.4, -0.2) is 7.05 Å². The van der Waals surface area contributed by atoms with Crippen molar-refractivity contribution >= 4 is 23.2 Å². The third kappa shape index (κ3) is 2.80. The summed E-state index contributed by atoms with van der Waals surface area (Å²) in [5.74, 6) is -0.0365. The molecule has 110 valence electrons. The number of halogens is 3. The Morgan fingerprint density at radius 2 is 1.81 bits per heavy atom. The van der Waals surface area contributed by atoms with E-state index in [4.69, 9.17) is 23.2 Å². The quantitative estimate of drug-likeness (QED) is 0.788. The van der Waals surface area contributed by atoms with Gasteiger partial charge in [-0.2, -0.15) is 0 Å². The van der Waals surface area contributed by atoms with E-state index in [1.165, 1.54) is 11.6 Å². The summed E-state index contributed by atoms with van der Waals surface area (Å²) in [7, 11) is 1.94. The number of fused-ring (bicyclic) bond motifs is 1. The summed E-state index contributed by atoms with van der Waals surface area (Å²) in [6.45, 7) is 0. The van der Waals surface area contributed by atoms with Crippen LogP contribution in [0.5, 0.6) is 0 Å². The maximum atomic E-state index is 13.7. The van der Waals surface area contributed by atoms with E-state index >= 15 is 0 Å². The first-order valence-corrected chi connectivity index (χ1v) is 7.77. The van der Waals surface area contributed by atoms with Crippen LogP contribution in [-0.2, 0) is 0 Å². The van der Waals surface area contributed by atoms with E-state index in [1.807, 2.05) is 31.3 Å². The molecular weight excluding hydrogens is 308 g/mol. The van der Waals surface area contributed by atoms with Crippen LogP contribution < -0.4 is 5.32 Å². The molecule has 0 fully saturated rings. The Morgan fingerprint density at radius 3 is 2.52 bits per heavy atom. The number of hydrogen-bond donors (Lipinski definition) is 1. The van der Waals surface area contributed by atoms with Gasteiger partial charge in [-0.15, -0.1) is 0 Å². The van der Waals surface area contributed by atoms with Crippen molar-refractivity contribution in [1.29, 1.82) is 0 Å². The van der Waals surface area contributed by atoms with E-state index in [-0.39, 0.29) is 17.8 Å². The zero-order chi connectivity index (χ0) is 15.0. The van der Waals surface area contributed by atoms with E-state index < -0.39 is 0 Å². The van der Waals surface area contributed by atoms with Gasteiger partial charge in [0, 0.05) is 12.0 Å². The van der Waals surface area contributed by atoms with E-state index in [1.54, 1.807) is 6.07 Å². The molecule has 4 heteroatoms. The molecule has 1 aliphatic rings. The largest absolute Gasteiger partial charge is 0.313 e. The van der Waals surface area contributed by atoms with E-state index in [9.17, 15) is 4.39 Å². The summed E-state index contributed by atoms with van der Waals surface area (Å²) in [6, 6.07) is 11.0. The van der Waals surface area contributed by atoms with Gasteiger partial charge in [0.2, 0.25) is 0 Å². The molecule has 21 heavy (non-hydrogen) atoms. The van der Waals surface area contributed by atoms with Gasteiger partial charge >= 0.3 is 0 Å². The smallest absolute Gasteiger partial charge is 0.123 e.